The number of hydrazine groups is 1. The van der Waals surface area contributed by atoms with E-state index in [0.29, 0.717) is 29.4 Å². The van der Waals surface area contributed by atoms with E-state index in [1.54, 1.807) is 31.4 Å². The molecule has 0 bridgehead atoms. The van der Waals surface area contributed by atoms with Crippen LogP contribution in [-0.4, -0.2) is 24.9 Å². The molecule has 2 unspecified atom stereocenters. The van der Waals surface area contributed by atoms with Gasteiger partial charge in [-0.1, -0.05) is 18.2 Å². The highest BCUT2D eigenvalue weighted by molar-refractivity contribution is 5.43. The van der Waals surface area contributed by atoms with Gasteiger partial charge in [0.1, 0.15) is 41.5 Å². The van der Waals surface area contributed by atoms with Crippen molar-refractivity contribution in [3.63, 3.8) is 0 Å². The van der Waals surface area contributed by atoms with E-state index >= 15 is 0 Å². The van der Waals surface area contributed by atoms with Gasteiger partial charge in [-0.3, -0.25) is 5.43 Å². The Balaban J connectivity index is 1.44. The summed E-state index contributed by atoms with van der Waals surface area (Å²) in [4.78, 5) is 0. The van der Waals surface area contributed by atoms with Gasteiger partial charge < -0.3 is 19.3 Å². The topological polar surface area (TPSA) is 72.0 Å². The van der Waals surface area contributed by atoms with Gasteiger partial charge in [0.25, 0.3) is 0 Å². The Morgan fingerprint density at radius 3 is 2.57 bits per heavy atom. The average molecular weight is 410 g/mol. The Bertz CT molecular complexity index is 997. The van der Waals surface area contributed by atoms with Gasteiger partial charge in [0.05, 0.1) is 13.2 Å². The van der Waals surface area contributed by atoms with Gasteiger partial charge in [-0.05, 0) is 42.0 Å². The molecular weight excluding hydrogens is 387 g/mol. The zero-order chi connectivity index (χ0) is 20.9. The molecule has 3 aromatic rings. The fourth-order valence-electron chi connectivity index (χ4n) is 3.34. The van der Waals surface area contributed by atoms with E-state index in [0.717, 1.165) is 5.56 Å². The molecule has 1 heterocycles. The van der Waals surface area contributed by atoms with Gasteiger partial charge in [-0.15, -0.1) is 0 Å². The molecule has 30 heavy (non-hydrogen) atoms. The molecule has 3 N–H and O–H groups in total. The molecule has 3 aromatic carbocycles. The first-order valence-corrected chi connectivity index (χ1v) is 9.61. The Hall–Kier alpha value is -3.29. The maximum atomic E-state index is 13.0. The second kappa shape index (κ2) is 9.02. The maximum Gasteiger partial charge on any atom is 0.133 e. The lowest BCUT2D eigenvalue weighted by molar-refractivity contribution is 0.195. The monoisotopic (exact) mass is 410 g/mol. The lowest BCUT2D eigenvalue weighted by Crippen LogP contribution is -2.28. The number of phenols is 1. The number of hydrogen-bond acceptors (Lipinski definition) is 6. The number of halogens is 1. The van der Waals surface area contributed by atoms with Crippen LogP contribution in [0.3, 0.4) is 0 Å². The van der Waals surface area contributed by atoms with E-state index < -0.39 is 0 Å². The lowest BCUT2D eigenvalue weighted by Gasteiger charge is -2.21. The lowest BCUT2D eigenvalue weighted by atomic mass is 10.0. The summed E-state index contributed by atoms with van der Waals surface area (Å²) in [5.41, 5.74) is 7.77. The highest BCUT2D eigenvalue weighted by Crippen LogP contribution is 2.33. The van der Waals surface area contributed by atoms with Gasteiger partial charge in [0.2, 0.25) is 0 Å². The summed E-state index contributed by atoms with van der Waals surface area (Å²) < 4.78 is 30.1. The van der Waals surface area contributed by atoms with E-state index in [1.165, 1.54) is 12.1 Å². The molecule has 0 aromatic heterocycles. The van der Waals surface area contributed by atoms with Crippen molar-refractivity contribution >= 4 is 0 Å². The van der Waals surface area contributed by atoms with Gasteiger partial charge >= 0.3 is 0 Å². The summed E-state index contributed by atoms with van der Waals surface area (Å²) in [6.45, 7) is 0.855. The fourth-order valence-corrected chi connectivity index (χ4v) is 3.34. The van der Waals surface area contributed by atoms with E-state index in [1.807, 2.05) is 30.3 Å². The first-order chi connectivity index (χ1) is 14.6. The second-order valence-electron chi connectivity index (χ2n) is 6.97. The highest BCUT2D eigenvalue weighted by Gasteiger charge is 2.32. The number of phenolic OH excluding ortho intramolecular Hbond substituents is 1. The van der Waals surface area contributed by atoms with Crippen LogP contribution in [-0.2, 0) is 6.61 Å². The molecule has 4 rings (SSSR count). The molecule has 0 radical (unpaired) electrons. The van der Waals surface area contributed by atoms with Crippen LogP contribution in [0.15, 0.2) is 66.7 Å². The zero-order valence-corrected chi connectivity index (χ0v) is 16.5. The number of ether oxygens (including phenoxy) is 3. The Kier molecular flexibility index (Phi) is 6.02. The summed E-state index contributed by atoms with van der Waals surface area (Å²) in [5.74, 6) is 1.75. The minimum absolute atomic E-state index is 0.104. The highest BCUT2D eigenvalue weighted by atomic mass is 19.1. The minimum atomic E-state index is -0.288. The predicted molar refractivity (Wildman–Crippen MR) is 110 cm³/mol. The summed E-state index contributed by atoms with van der Waals surface area (Å²) in [6.07, 6.45) is -0.228. The minimum Gasteiger partial charge on any atom is -0.507 e. The number of methoxy groups -OCH3 is 1. The molecule has 7 heteroatoms. The number of benzene rings is 3. The van der Waals surface area contributed by atoms with Gasteiger partial charge in [-0.25, -0.2) is 9.82 Å². The summed E-state index contributed by atoms with van der Waals surface area (Å²) >= 11 is 0. The third-order valence-electron chi connectivity index (χ3n) is 4.92. The van der Waals surface area contributed by atoms with E-state index in [-0.39, 0.29) is 30.3 Å². The third kappa shape index (κ3) is 4.64. The average Bonchev–Trinajstić information content (AvgIpc) is 3.21. The molecule has 1 fully saturated rings. The molecular formula is C23H23FN2O4. The van der Waals surface area contributed by atoms with Crippen LogP contribution in [0.25, 0.3) is 0 Å². The molecule has 2 atom stereocenters. The van der Waals surface area contributed by atoms with Crippen LogP contribution >= 0.6 is 0 Å². The van der Waals surface area contributed by atoms with Crippen LogP contribution < -0.4 is 25.1 Å². The maximum absolute atomic E-state index is 13.0. The van der Waals surface area contributed by atoms with Gasteiger partial charge in [0.15, 0.2) is 0 Å². The van der Waals surface area contributed by atoms with Gasteiger partial charge in [0, 0.05) is 24.2 Å². The van der Waals surface area contributed by atoms with Crippen LogP contribution in [0.4, 0.5) is 4.39 Å². The third-order valence-corrected chi connectivity index (χ3v) is 4.92. The van der Waals surface area contributed by atoms with Crippen LogP contribution in [0.1, 0.15) is 17.2 Å². The van der Waals surface area contributed by atoms with Crippen LogP contribution in [0.2, 0.25) is 0 Å². The second-order valence-corrected chi connectivity index (χ2v) is 6.97. The standard InChI is InChI=1S/C23H23FN2O4/c1-28-17-3-2-4-19(11-17)30-22-13-25-26-23(22)20-10-9-18(12-21(20)27)29-14-15-5-7-16(24)8-6-15/h2-12,22-23,25-27H,13-14H2,1H3. The molecule has 1 aliphatic heterocycles. The largest absolute Gasteiger partial charge is 0.507 e. The van der Waals surface area contributed by atoms with Crippen molar-refractivity contribution in [3.8, 4) is 23.0 Å². The zero-order valence-electron chi connectivity index (χ0n) is 16.5. The SMILES string of the molecule is COc1cccc(OC2CNNC2c2ccc(OCc3ccc(F)cc3)cc2O)c1. The van der Waals surface area contributed by atoms with Crippen LogP contribution in [0, 0.1) is 5.82 Å². The summed E-state index contributed by atoms with van der Waals surface area (Å²) in [5, 5.41) is 10.6. The van der Waals surface area contributed by atoms with Crippen molar-refractivity contribution in [1.82, 2.24) is 10.9 Å². The van der Waals surface area contributed by atoms with E-state index in [2.05, 4.69) is 10.9 Å². The van der Waals surface area contributed by atoms with Crippen molar-refractivity contribution in [3.05, 3.63) is 83.7 Å². The first kappa shape index (κ1) is 20.0. The molecule has 1 aliphatic rings. The van der Waals surface area contributed by atoms with E-state index in [4.69, 9.17) is 14.2 Å². The Labute approximate surface area is 174 Å². The number of rotatable bonds is 7. The molecule has 0 saturated carbocycles. The molecule has 0 amide bonds. The first-order valence-electron chi connectivity index (χ1n) is 9.61. The van der Waals surface area contributed by atoms with Crippen LogP contribution in [0.5, 0.6) is 23.0 Å². The summed E-state index contributed by atoms with van der Waals surface area (Å²) in [6, 6.07) is 18.4. The van der Waals surface area contributed by atoms with Crippen molar-refractivity contribution < 1.29 is 23.7 Å². The Morgan fingerprint density at radius 1 is 1.00 bits per heavy atom. The molecule has 6 nitrogen and oxygen atoms in total. The fraction of sp³-hybridized carbons (Fsp3) is 0.217. The quantitative estimate of drug-likeness (QED) is 0.552. The van der Waals surface area contributed by atoms with Crippen molar-refractivity contribution in [1.29, 1.82) is 0 Å². The molecule has 156 valence electrons. The normalized spacial score (nSPS) is 18.2. The smallest absolute Gasteiger partial charge is 0.133 e. The molecule has 1 saturated heterocycles. The van der Waals surface area contributed by atoms with Gasteiger partial charge in [-0.2, -0.15) is 0 Å². The Morgan fingerprint density at radius 2 is 1.80 bits per heavy atom. The van der Waals surface area contributed by atoms with Crippen molar-refractivity contribution in [2.24, 2.45) is 0 Å². The number of nitrogens with one attached hydrogen (secondary N) is 2. The number of aromatic hydroxyl groups is 1. The summed E-state index contributed by atoms with van der Waals surface area (Å²) in [7, 11) is 1.61. The van der Waals surface area contributed by atoms with E-state index in [9.17, 15) is 9.50 Å². The predicted octanol–water partition coefficient (Wildman–Crippen LogP) is 3.72. The number of hydrogen-bond donors (Lipinski definition) is 3. The van der Waals surface area contributed by atoms with Crippen molar-refractivity contribution in [2.75, 3.05) is 13.7 Å². The molecule has 0 spiro atoms. The molecule has 0 aliphatic carbocycles. The van der Waals surface area contributed by atoms with Crippen molar-refractivity contribution in [2.45, 2.75) is 18.8 Å².